The average molecular weight is 327 g/mol. The van der Waals surface area contributed by atoms with Gasteiger partial charge in [-0.1, -0.05) is 0 Å². The fourth-order valence-electron chi connectivity index (χ4n) is 3.15. The molecule has 0 saturated carbocycles. The van der Waals surface area contributed by atoms with E-state index in [1.54, 1.807) is 11.6 Å². The fraction of sp³-hybridized carbons (Fsp3) is 0.235. The summed E-state index contributed by atoms with van der Waals surface area (Å²) in [7, 11) is 0. The van der Waals surface area contributed by atoms with E-state index in [1.807, 2.05) is 6.20 Å². The molecule has 0 radical (unpaired) electrons. The number of furan rings is 1. The van der Waals surface area contributed by atoms with Crippen molar-refractivity contribution in [1.82, 2.24) is 14.8 Å². The molecule has 4 rings (SSSR count). The Bertz CT molecular complexity index is 958. The van der Waals surface area contributed by atoms with Gasteiger partial charge in [0.25, 0.3) is 0 Å². The number of carboxylic acid groups (broad SMARTS) is 1. The Morgan fingerprint density at radius 3 is 3.04 bits per heavy atom. The molecule has 7 heteroatoms. The highest BCUT2D eigenvalue weighted by molar-refractivity contribution is 5.90. The predicted molar refractivity (Wildman–Crippen MR) is 82.3 cm³/mol. The molecule has 3 heterocycles. The van der Waals surface area contributed by atoms with E-state index >= 15 is 0 Å². The molecule has 0 amide bonds. The molecule has 3 aromatic heterocycles. The monoisotopic (exact) mass is 327 g/mol. The van der Waals surface area contributed by atoms with E-state index in [9.17, 15) is 14.3 Å². The molecule has 1 aliphatic rings. The number of fused-ring (bicyclic) bond motifs is 3. The minimum atomic E-state index is -1.08. The zero-order valence-electron chi connectivity index (χ0n) is 12.9. The van der Waals surface area contributed by atoms with Crippen LogP contribution in [0.2, 0.25) is 0 Å². The van der Waals surface area contributed by atoms with Crippen LogP contribution in [0.3, 0.4) is 0 Å². The topological polar surface area (TPSA) is 81.1 Å². The van der Waals surface area contributed by atoms with Crippen molar-refractivity contribution in [3.8, 4) is 11.3 Å². The number of carbonyl (C=O) groups is 1. The number of aromatic nitrogens is 3. The lowest BCUT2D eigenvalue weighted by atomic mass is 9.94. The highest BCUT2D eigenvalue weighted by Gasteiger charge is 2.29. The molecule has 0 bridgehead atoms. The van der Waals surface area contributed by atoms with Crippen LogP contribution < -0.4 is 0 Å². The molecule has 0 spiro atoms. The van der Waals surface area contributed by atoms with Crippen molar-refractivity contribution in [1.29, 1.82) is 0 Å². The Hall–Kier alpha value is -2.96. The zero-order chi connectivity index (χ0) is 16.8. The molecule has 0 unspecified atom stereocenters. The number of aromatic carboxylic acids is 1. The van der Waals surface area contributed by atoms with E-state index in [0.717, 1.165) is 23.2 Å². The second-order valence-electron chi connectivity index (χ2n) is 5.83. The first-order valence-electron chi connectivity index (χ1n) is 7.55. The summed E-state index contributed by atoms with van der Waals surface area (Å²) in [6, 6.07) is 2.67. The minimum absolute atomic E-state index is 0.0332. The Morgan fingerprint density at radius 2 is 2.29 bits per heavy atom. The first kappa shape index (κ1) is 14.6. The van der Waals surface area contributed by atoms with E-state index in [1.165, 1.54) is 18.3 Å². The maximum Gasteiger partial charge on any atom is 0.372 e. The Labute approximate surface area is 136 Å². The summed E-state index contributed by atoms with van der Waals surface area (Å²) in [5, 5.41) is 13.8. The molecule has 0 fully saturated rings. The molecule has 0 saturated heterocycles. The van der Waals surface area contributed by atoms with Crippen LogP contribution in [0, 0.1) is 12.7 Å². The van der Waals surface area contributed by atoms with Gasteiger partial charge >= 0.3 is 5.97 Å². The molecule has 3 aromatic rings. The molecule has 1 N–H and O–H groups in total. The van der Waals surface area contributed by atoms with Crippen molar-refractivity contribution in [2.75, 3.05) is 0 Å². The van der Waals surface area contributed by atoms with Gasteiger partial charge in [-0.3, -0.25) is 9.67 Å². The van der Waals surface area contributed by atoms with Crippen molar-refractivity contribution in [2.24, 2.45) is 0 Å². The summed E-state index contributed by atoms with van der Waals surface area (Å²) in [6.45, 7) is 2.08. The zero-order valence-corrected chi connectivity index (χ0v) is 12.9. The third-order valence-electron chi connectivity index (χ3n) is 4.21. The van der Waals surface area contributed by atoms with Gasteiger partial charge < -0.3 is 9.52 Å². The molecule has 122 valence electrons. The molecule has 0 atom stereocenters. The Kier molecular flexibility index (Phi) is 3.23. The fourth-order valence-corrected chi connectivity index (χ4v) is 3.15. The van der Waals surface area contributed by atoms with Gasteiger partial charge in [-0.05, 0) is 31.0 Å². The van der Waals surface area contributed by atoms with Gasteiger partial charge in [0.2, 0.25) is 5.76 Å². The third-order valence-corrected chi connectivity index (χ3v) is 4.21. The van der Waals surface area contributed by atoms with E-state index in [4.69, 9.17) is 4.42 Å². The van der Waals surface area contributed by atoms with E-state index in [2.05, 4.69) is 10.1 Å². The van der Waals surface area contributed by atoms with Crippen molar-refractivity contribution < 1.29 is 18.7 Å². The van der Waals surface area contributed by atoms with Gasteiger partial charge in [-0.2, -0.15) is 5.10 Å². The number of nitrogens with zero attached hydrogens (tertiary/aromatic N) is 3. The number of hydrogen-bond donors (Lipinski definition) is 1. The molecular formula is C17H14FN3O3. The number of hydrogen-bond acceptors (Lipinski definition) is 4. The van der Waals surface area contributed by atoms with Crippen molar-refractivity contribution >= 4 is 5.97 Å². The predicted octanol–water partition coefficient (Wildman–Crippen LogP) is 2.83. The number of carboxylic acids is 1. The SMILES string of the molecule is Cc1c(C(=O)O)oc2c1-c1nn(Cc3cc(F)ccn3)cc1CC2. The van der Waals surface area contributed by atoms with Crippen LogP contribution in [0.25, 0.3) is 11.3 Å². The summed E-state index contributed by atoms with van der Waals surface area (Å²) in [5.41, 5.74) is 3.69. The number of pyridine rings is 1. The average Bonchev–Trinajstić information content (AvgIpc) is 3.07. The lowest BCUT2D eigenvalue weighted by Gasteiger charge is -2.09. The quantitative estimate of drug-likeness (QED) is 0.800. The molecule has 24 heavy (non-hydrogen) atoms. The molecule has 6 nitrogen and oxygen atoms in total. The lowest BCUT2D eigenvalue weighted by Crippen LogP contribution is -2.03. The first-order chi connectivity index (χ1) is 11.5. The minimum Gasteiger partial charge on any atom is -0.475 e. The smallest absolute Gasteiger partial charge is 0.372 e. The number of aryl methyl sites for hydroxylation is 2. The Balaban J connectivity index is 1.74. The standard InChI is InChI=1S/C17H14FN3O3/c1-9-14-13(24-16(9)17(22)23)3-2-10-7-21(20-15(10)14)8-12-6-11(18)4-5-19-12/h4-7H,2-3,8H2,1H3,(H,22,23). The summed E-state index contributed by atoms with van der Waals surface area (Å²) in [6.07, 6.45) is 4.69. The summed E-state index contributed by atoms with van der Waals surface area (Å²) in [5.74, 6) is -0.788. The first-order valence-corrected chi connectivity index (χ1v) is 7.55. The van der Waals surface area contributed by atoms with Gasteiger partial charge in [0.05, 0.1) is 17.9 Å². The van der Waals surface area contributed by atoms with Crippen LogP contribution in [0.15, 0.2) is 28.9 Å². The molecule has 0 aliphatic heterocycles. The number of rotatable bonds is 3. The summed E-state index contributed by atoms with van der Waals surface area (Å²) < 4.78 is 20.5. The van der Waals surface area contributed by atoms with Crippen molar-refractivity contribution in [2.45, 2.75) is 26.3 Å². The van der Waals surface area contributed by atoms with Crippen LogP contribution in [-0.4, -0.2) is 25.8 Å². The second kappa shape index (κ2) is 5.30. The second-order valence-corrected chi connectivity index (χ2v) is 5.83. The van der Waals surface area contributed by atoms with Crippen LogP contribution >= 0.6 is 0 Å². The van der Waals surface area contributed by atoms with Gasteiger partial charge in [-0.25, -0.2) is 9.18 Å². The van der Waals surface area contributed by atoms with Crippen molar-refractivity contribution in [3.05, 3.63) is 58.7 Å². The largest absolute Gasteiger partial charge is 0.475 e. The van der Waals surface area contributed by atoms with E-state index < -0.39 is 5.97 Å². The maximum absolute atomic E-state index is 13.3. The van der Waals surface area contributed by atoms with Gasteiger partial charge in [0.15, 0.2) is 0 Å². The highest BCUT2D eigenvalue weighted by atomic mass is 19.1. The summed E-state index contributed by atoms with van der Waals surface area (Å²) >= 11 is 0. The third kappa shape index (κ3) is 2.29. The molecule has 1 aliphatic carbocycles. The van der Waals surface area contributed by atoms with Crippen molar-refractivity contribution in [3.63, 3.8) is 0 Å². The number of halogens is 1. The van der Waals surface area contributed by atoms with Crippen LogP contribution in [0.4, 0.5) is 4.39 Å². The lowest BCUT2D eigenvalue weighted by molar-refractivity contribution is 0.0659. The summed E-state index contributed by atoms with van der Waals surface area (Å²) in [4.78, 5) is 15.4. The van der Waals surface area contributed by atoms with Gasteiger partial charge in [0, 0.05) is 29.9 Å². The van der Waals surface area contributed by atoms with Gasteiger partial charge in [-0.15, -0.1) is 0 Å². The van der Waals surface area contributed by atoms with Crippen LogP contribution in [0.5, 0.6) is 0 Å². The van der Waals surface area contributed by atoms with E-state index in [0.29, 0.717) is 30.0 Å². The maximum atomic E-state index is 13.3. The molecular weight excluding hydrogens is 313 g/mol. The Morgan fingerprint density at radius 1 is 1.46 bits per heavy atom. The highest BCUT2D eigenvalue weighted by Crippen LogP contribution is 2.38. The van der Waals surface area contributed by atoms with Crippen LogP contribution in [0.1, 0.15) is 33.1 Å². The normalized spacial score (nSPS) is 12.8. The van der Waals surface area contributed by atoms with E-state index in [-0.39, 0.29) is 11.6 Å². The van der Waals surface area contributed by atoms with Gasteiger partial charge in [0.1, 0.15) is 11.6 Å². The van der Waals surface area contributed by atoms with Crippen LogP contribution in [-0.2, 0) is 19.4 Å². The molecule has 0 aromatic carbocycles.